The van der Waals surface area contributed by atoms with Crippen LogP contribution in [0, 0.1) is 13.8 Å². The van der Waals surface area contributed by atoms with Gasteiger partial charge in [0.15, 0.2) is 13.2 Å². The third kappa shape index (κ3) is 5.66. The molecule has 2 aromatic rings. The van der Waals surface area contributed by atoms with E-state index in [-0.39, 0.29) is 6.61 Å². The average Bonchev–Trinajstić information content (AvgIpc) is 2.57. The summed E-state index contributed by atoms with van der Waals surface area (Å²) in [4.78, 5) is 23.5. The van der Waals surface area contributed by atoms with Crippen molar-refractivity contribution in [2.75, 3.05) is 18.5 Å². The van der Waals surface area contributed by atoms with E-state index in [2.05, 4.69) is 5.32 Å². The minimum Gasteiger partial charge on any atom is -0.482 e. The van der Waals surface area contributed by atoms with Crippen molar-refractivity contribution >= 4 is 40.8 Å². The molecule has 0 aliphatic carbocycles. The van der Waals surface area contributed by atoms with Crippen molar-refractivity contribution in [1.29, 1.82) is 0 Å². The third-order valence-electron chi connectivity index (χ3n) is 3.47. The highest BCUT2D eigenvalue weighted by Crippen LogP contribution is 2.25. The Labute approximate surface area is 155 Å². The number of hydrogen-bond donors (Lipinski definition) is 1. The molecular weight excluding hydrogens is 365 g/mol. The molecular formula is C18H17Cl2NO4. The van der Waals surface area contributed by atoms with E-state index in [0.29, 0.717) is 21.5 Å². The fourth-order valence-corrected chi connectivity index (χ4v) is 2.44. The number of nitrogens with one attached hydrogen (secondary N) is 1. The molecule has 0 aromatic heterocycles. The lowest BCUT2D eigenvalue weighted by Gasteiger charge is -2.11. The number of hydrogen-bond acceptors (Lipinski definition) is 4. The van der Waals surface area contributed by atoms with E-state index in [0.717, 1.165) is 11.1 Å². The fraction of sp³-hybridized carbons (Fsp3) is 0.222. The maximum Gasteiger partial charge on any atom is 0.344 e. The highest BCUT2D eigenvalue weighted by Gasteiger charge is 2.11. The van der Waals surface area contributed by atoms with E-state index in [9.17, 15) is 9.59 Å². The second-order valence-electron chi connectivity index (χ2n) is 5.32. The van der Waals surface area contributed by atoms with Gasteiger partial charge in [-0.25, -0.2) is 4.79 Å². The van der Waals surface area contributed by atoms with Crippen molar-refractivity contribution in [2.24, 2.45) is 0 Å². The molecule has 0 atom stereocenters. The average molecular weight is 382 g/mol. The molecule has 1 amide bonds. The Balaban J connectivity index is 1.79. The number of rotatable bonds is 6. The van der Waals surface area contributed by atoms with Gasteiger partial charge in [-0.15, -0.1) is 0 Å². The van der Waals surface area contributed by atoms with Gasteiger partial charge in [0.05, 0.1) is 10.7 Å². The Morgan fingerprint density at radius 3 is 2.56 bits per heavy atom. The van der Waals surface area contributed by atoms with Gasteiger partial charge in [-0.05, 0) is 49.2 Å². The molecule has 0 aliphatic rings. The van der Waals surface area contributed by atoms with Gasteiger partial charge < -0.3 is 14.8 Å². The lowest BCUT2D eigenvalue weighted by atomic mass is 10.1. The summed E-state index contributed by atoms with van der Waals surface area (Å²) in [6.07, 6.45) is 0. The Hall–Kier alpha value is -2.24. The van der Waals surface area contributed by atoms with Crippen molar-refractivity contribution in [3.8, 4) is 5.75 Å². The second kappa shape index (κ2) is 8.74. The summed E-state index contributed by atoms with van der Waals surface area (Å²) < 4.78 is 10.3. The Bertz CT molecular complexity index is 793. The summed E-state index contributed by atoms with van der Waals surface area (Å²) >= 11 is 11.7. The summed E-state index contributed by atoms with van der Waals surface area (Å²) in [6, 6.07) is 10.2. The molecule has 0 heterocycles. The van der Waals surface area contributed by atoms with E-state index >= 15 is 0 Å². The Morgan fingerprint density at radius 1 is 1.08 bits per heavy atom. The number of ether oxygens (including phenoxy) is 2. The van der Waals surface area contributed by atoms with E-state index < -0.39 is 18.5 Å². The molecule has 2 aromatic carbocycles. The normalized spacial score (nSPS) is 10.2. The number of anilines is 1. The summed E-state index contributed by atoms with van der Waals surface area (Å²) in [5.41, 5.74) is 2.40. The third-order valence-corrected chi connectivity index (χ3v) is 4.02. The van der Waals surface area contributed by atoms with Gasteiger partial charge >= 0.3 is 5.97 Å². The minimum absolute atomic E-state index is 0.278. The smallest absolute Gasteiger partial charge is 0.344 e. The molecule has 0 aliphatic heterocycles. The summed E-state index contributed by atoms with van der Waals surface area (Å²) in [7, 11) is 0. The monoisotopic (exact) mass is 381 g/mol. The quantitative estimate of drug-likeness (QED) is 0.762. The van der Waals surface area contributed by atoms with E-state index in [1.807, 2.05) is 26.0 Å². The summed E-state index contributed by atoms with van der Waals surface area (Å²) in [6.45, 7) is 3.14. The van der Waals surface area contributed by atoms with Gasteiger partial charge in [0.1, 0.15) is 5.75 Å². The van der Waals surface area contributed by atoms with Crippen LogP contribution in [0.15, 0.2) is 36.4 Å². The van der Waals surface area contributed by atoms with Crippen LogP contribution in [0.2, 0.25) is 10.0 Å². The maximum absolute atomic E-state index is 11.8. The van der Waals surface area contributed by atoms with E-state index in [4.69, 9.17) is 32.7 Å². The van der Waals surface area contributed by atoms with Crippen LogP contribution >= 0.6 is 23.2 Å². The number of halogens is 2. The molecule has 0 saturated heterocycles. The number of esters is 1. The topological polar surface area (TPSA) is 64.6 Å². The van der Waals surface area contributed by atoms with Crippen molar-refractivity contribution in [3.63, 3.8) is 0 Å². The van der Waals surface area contributed by atoms with Crippen LogP contribution in [0.4, 0.5) is 5.69 Å². The SMILES string of the molecule is Cc1cccc(OCC(=O)OCC(=O)Nc2ccc(Cl)cc2Cl)c1C. The molecule has 0 fully saturated rings. The van der Waals surface area contributed by atoms with Crippen molar-refractivity contribution in [1.82, 2.24) is 0 Å². The van der Waals surface area contributed by atoms with Crippen molar-refractivity contribution < 1.29 is 19.1 Å². The van der Waals surface area contributed by atoms with Crippen LogP contribution in [0.3, 0.4) is 0 Å². The molecule has 1 N–H and O–H groups in total. The van der Waals surface area contributed by atoms with Gasteiger partial charge in [0, 0.05) is 5.02 Å². The van der Waals surface area contributed by atoms with Crippen LogP contribution in [0.1, 0.15) is 11.1 Å². The number of aryl methyl sites for hydroxylation is 1. The Morgan fingerprint density at radius 2 is 1.84 bits per heavy atom. The van der Waals surface area contributed by atoms with Crippen LogP contribution in [0.5, 0.6) is 5.75 Å². The zero-order chi connectivity index (χ0) is 18.4. The first-order valence-electron chi connectivity index (χ1n) is 7.46. The number of amides is 1. The van der Waals surface area contributed by atoms with E-state index in [1.165, 1.54) is 6.07 Å². The van der Waals surface area contributed by atoms with Crippen LogP contribution in [-0.4, -0.2) is 25.1 Å². The lowest BCUT2D eigenvalue weighted by Crippen LogP contribution is -2.23. The maximum atomic E-state index is 11.8. The molecule has 132 valence electrons. The summed E-state index contributed by atoms with van der Waals surface area (Å²) in [5.74, 6) is -0.545. The molecule has 25 heavy (non-hydrogen) atoms. The van der Waals surface area contributed by atoms with Gasteiger partial charge in [-0.3, -0.25) is 4.79 Å². The zero-order valence-corrected chi connectivity index (χ0v) is 15.3. The molecule has 2 rings (SSSR count). The largest absolute Gasteiger partial charge is 0.482 e. The number of benzene rings is 2. The van der Waals surface area contributed by atoms with E-state index in [1.54, 1.807) is 18.2 Å². The first-order valence-corrected chi connectivity index (χ1v) is 8.22. The highest BCUT2D eigenvalue weighted by molar-refractivity contribution is 6.36. The molecule has 0 unspecified atom stereocenters. The van der Waals surface area contributed by atoms with Gasteiger partial charge in [-0.1, -0.05) is 35.3 Å². The lowest BCUT2D eigenvalue weighted by molar-refractivity contribution is -0.149. The molecule has 5 nitrogen and oxygen atoms in total. The van der Waals surface area contributed by atoms with Crippen LogP contribution in [-0.2, 0) is 14.3 Å². The first kappa shape index (κ1) is 19.1. The molecule has 0 spiro atoms. The van der Waals surface area contributed by atoms with Gasteiger partial charge in [0.2, 0.25) is 0 Å². The first-order chi connectivity index (χ1) is 11.9. The summed E-state index contributed by atoms with van der Waals surface area (Å²) in [5, 5.41) is 3.29. The molecule has 0 saturated carbocycles. The number of carbonyl (C=O) groups is 2. The van der Waals surface area contributed by atoms with Crippen molar-refractivity contribution in [3.05, 3.63) is 57.6 Å². The van der Waals surface area contributed by atoms with Crippen LogP contribution < -0.4 is 10.1 Å². The zero-order valence-electron chi connectivity index (χ0n) is 13.8. The predicted octanol–water partition coefficient (Wildman–Crippen LogP) is 4.17. The standard InChI is InChI=1S/C18H17Cl2NO4/c1-11-4-3-5-16(12(11)2)24-10-18(23)25-9-17(22)21-15-7-6-13(19)8-14(15)20/h3-8H,9-10H2,1-2H3,(H,21,22). The fourth-order valence-electron chi connectivity index (χ4n) is 1.98. The predicted molar refractivity (Wildman–Crippen MR) is 97.5 cm³/mol. The van der Waals surface area contributed by atoms with Gasteiger partial charge in [-0.2, -0.15) is 0 Å². The molecule has 0 bridgehead atoms. The Kier molecular flexibility index (Phi) is 6.67. The van der Waals surface area contributed by atoms with Gasteiger partial charge in [0.25, 0.3) is 5.91 Å². The molecule has 7 heteroatoms. The van der Waals surface area contributed by atoms with Crippen molar-refractivity contribution in [2.45, 2.75) is 13.8 Å². The minimum atomic E-state index is -0.641. The second-order valence-corrected chi connectivity index (χ2v) is 6.16. The number of carbonyl (C=O) groups excluding carboxylic acids is 2. The van der Waals surface area contributed by atoms with Crippen LogP contribution in [0.25, 0.3) is 0 Å². The highest BCUT2D eigenvalue weighted by atomic mass is 35.5. The molecule has 0 radical (unpaired) electrons.